The third-order valence-corrected chi connectivity index (χ3v) is 5.65. The van der Waals surface area contributed by atoms with Crippen LogP contribution < -0.4 is 5.01 Å². The molecule has 0 amide bonds. The number of hydrogen-bond acceptors (Lipinski definition) is 5. The van der Waals surface area contributed by atoms with Gasteiger partial charge < -0.3 is 5.11 Å². The van der Waals surface area contributed by atoms with Crippen molar-refractivity contribution in [3.63, 3.8) is 0 Å². The summed E-state index contributed by atoms with van der Waals surface area (Å²) in [7, 11) is 0. The predicted octanol–water partition coefficient (Wildman–Crippen LogP) is 5.55. The molecule has 5 nitrogen and oxygen atoms in total. The number of thiazole rings is 1. The molecule has 1 aliphatic carbocycles. The van der Waals surface area contributed by atoms with Gasteiger partial charge in [-0.1, -0.05) is 29.8 Å². The zero-order valence-electron chi connectivity index (χ0n) is 15.1. The minimum absolute atomic E-state index is 0.0840. The minimum atomic E-state index is -2.94. The number of alkyl halides is 2. The van der Waals surface area contributed by atoms with Crippen LogP contribution in [-0.2, 0) is 0 Å². The third kappa shape index (κ3) is 4.03. The number of hydrazone groups is 1. The molecule has 1 N–H and O–H groups in total. The Hall–Kier alpha value is -2.91. The van der Waals surface area contributed by atoms with Gasteiger partial charge in [-0.3, -0.25) is 0 Å². The molecule has 1 saturated carbocycles. The third-order valence-electron chi connectivity index (χ3n) is 4.49. The van der Waals surface area contributed by atoms with Crippen LogP contribution in [0.1, 0.15) is 22.3 Å². The molecule has 1 unspecified atom stereocenters. The summed E-state index contributed by atoms with van der Waals surface area (Å²) in [6, 6.07) is 8.95. The SMILES string of the molecule is O=C(O)c1cc(F)ccc1/C=N/N(c1nc(-c2ccccc2Cl)cs1)C1CC1(F)F. The van der Waals surface area contributed by atoms with Gasteiger partial charge in [-0.25, -0.2) is 28.0 Å². The van der Waals surface area contributed by atoms with Crippen LogP contribution in [0.5, 0.6) is 0 Å². The summed E-state index contributed by atoms with van der Waals surface area (Å²) in [5.74, 6) is -5.01. The molecule has 1 atom stereocenters. The number of aromatic carboxylic acids is 1. The molecule has 0 saturated heterocycles. The zero-order valence-corrected chi connectivity index (χ0v) is 16.7. The number of aromatic nitrogens is 1. The quantitative estimate of drug-likeness (QED) is 0.394. The van der Waals surface area contributed by atoms with Gasteiger partial charge in [-0.15, -0.1) is 11.3 Å². The van der Waals surface area contributed by atoms with Gasteiger partial charge in [-0.05, 0) is 24.3 Å². The molecule has 30 heavy (non-hydrogen) atoms. The smallest absolute Gasteiger partial charge is 0.336 e. The van der Waals surface area contributed by atoms with Gasteiger partial charge in [0.2, 0.25) is 5.13 Å². The van der Waals surface area contributed by atoms with Gasteiger partial charge in [0.05, 0.1) is 17.5 Å². The number of anilines is 1. The summed E-state index contributed by atoms with van der Waals surface area (Å²) in [6.45, 7) is 0. The lowest BCUT2D eigenvalue weighted by Gasteiger charge is -2.15. The highest BCUT2D eigenvalue weighted by molar-refractivity contribution is 7.14. The van der Waals surface area contributed by atoms with Crippen molar-refractivity contribution in [1.82, 2.24) is 4.98 Å². The number of halogens is 4. The van der Waals surface area contributed by atoms with Crippen LogP contribution in [0, 0.1) is 5.82 Å². The average Bonchev–Trinajstić information content (AvgIpc) is 3.10. The van der Waals surface area contributed by atoms with Gasteiger partial charge in [-0.2, -0.15) is 5.10 Å². The van der Waals surface area contributed by atoms with E-state index in [0.29, 0.717) is 16.3 Å². The maximum atomic E-state index is 13.8. The van der Waals surface area contributed by atoms with E-state index in [1.165, 1.54) is 6.07 Å². The fourth-order valence-corrected chi connectivity index (χ4v) is 3.90. The van der Waals surface area contributed by atoms with Gasteiger partial charge in [0.15, 0.2) is 0 Å². The highest BCUT2D eigenvalue weighted by Crippen LogP contribution is 2.48. The lowest BCUT2D eigenvalue weighted by molar-refractivity contribution is 0.0696. The van der Waals surface area contributed by atoms with Crippen molar-refractivity contribution < 1.29 is 23.1 Å². The summed E-state index contributed by atoms with van der Waals surface area (Å²) >= 11 is 7.30. The maximum absolute atomic E-state index is 13.8. The van der Waals surface area contributed by atoms with Crippen LogP contribution in [0.2, 0.25) is 5.02 Å². The monoisotopic (exact) mass is 451 g/mol. The Kier molecular flexibility index (Phi) is 5.25. The molecule has 10 heteroatoms. The van der Waals surface area contributed by atoms with Crippen LogP contribution >= 0.6 is 22.9 Å². The fourth-order valence-electron chi connectivity index (χ4n) is 2.84. The van der Waals surface area contributed by atoms with Crippen molar-refractivity contribution in [2.24, 2.45) is 5.10 Å². The summed E-state index contributed by atoms with van der Waals surface area (Å²) in [5, 5.41) is 16.8. The molecule has 4 rings (SSSR count). The molecule has 1 aliphatic rings. The van der Waals surface area contributed by atoms with Crippen LogP contribution in [0.3, 0.4) is 0 Å². The first-order chi connectivity index (χ1) is 14.3. The van der Waals surface area contributed by atoms with Crippen molar-refractivity contribution in [2.45, 2.75) is 18.4 Å². The first-order valence-corrected chi connectivity index (χ1v) is 9.96. The van der Waals surface area contributed by atoms with E-state index >= 15 is 0 Å². The largest absolute Gasteiger partial charge is 0.478 e. The number of carboxylic acids is 1. The summed E-state index contributed by atoms with van der Waals surface area (Å²) in [5.41, 5.74) is 0.926. The maximum Gasteiger partial charge on any atom is 0.336 e. The Morgan fingerprint density at radius 2 is 2.07 bits per heavy atom. The second-order valence-corrected chi connectivity index (χ2v) is 7.85. The van der Waals surface area contributed by atoms with Crippen molar-refractivity contribution in [1.29, 1.82) is 0 Å². The van der Waals surface area contributed by atoms with Crippen molar-refractivity contribution >= 4 is 40.3 Å². The van der Waals surface area contributed by atoms with Crippen LogP contribution in [0.4, 0.5) is 18.3 Å². The zero-order chi connectivity index (χ0) is 21.5. The van der Waals surface area contributed by atoms with Crippen LogP contribution in [0.25, 0.3) is 11.3 Å². The topological polar surface area (TPSA) is 65.8 Å². The molecule has 0 radical (unpaired) electrons. The lowest BCUT2D eigenvalue weighted by Crippen LogP contribution is -2.24. The van der Waals surface area contributed by atoms with Gasteiger partial charge in [0, 0.05) is 28.0 Å². The first kappa shape index (κ1) is 20.4. The van der Waals surface area contributed by atoms with Crippen molar-refractivity contribution in [3.8, 4) is 11.3 Å². The molecule has 1 fully saturated rings. The average molecular weight is 452 g/mol. The van der Waals surface area contributed by atoms with E-state index in [4.69, 9.17) is 11.6 Å². The number of benzene rings is 2. The molecule has 154 valence electrons. The highest BCUT2D eigenvalue weighted by atomic mass is 35.5. The Balaban J connectivity index is 1.69. The Labute approximate surface area is 178 Å². The Morgan fingerprint density at radius 3 is 2.73 bits per heavy atom. The fraction of sp³-hybridized carbons (Fsp3) is 0.150. The molecular formula is C20H13ClF3N3O2S. The summed E-state index contributed by atoms with van der Waals surface area (Å²) < 4.78 is 41.0. The molecule has 1 aromatic heterocycles. The normalized spacial score (nSPS) is 17.3. The number of carbonyl (C=O) groups is 1. The number of hydrogen-bond donors (Lipinski definition) is 1. The number of nitrogens with zero attached hydrogens (tertiary/aromatic N) is 3. The molecule has 0 bridgehead atoms. The van der Waals surface area contributed by atoms with Gasteiger partial charge in [0.25, 0.3) is 5.92 Å². The second-order valence-electron chi connectivity index (χ2n) is 6.60. The molecule has 0 aliphatic heterocycles. The predicted molar refractivity (Wildman–Crippen MR) is 109 cm³/mol. The Morgan fingerprint density at radius 1 is 1.33 bits per heavy atom. The molecule has 3 aromatic rings. The van der Waals surface area contributed by atoms with Crippen molar-refractivity contribution in [3.05, 3.63) is 69.8 Å². The van der Waals surface area contributed by atoms with E-state index in [2.05, 4.69) is 10.1 Å². The molecule has 0 spiro atoms. The van der Waals surface area contributed by atoms with Gasteiger partial charge in [0.1, 0.15) is 11.9 Å². The summed E-state index contributed by atoms with van der Waals surface area (Å²) in [4.78, 5) is 15.7. The van der Waals surface area contributed by atoms with E-state index in [-0.39, 0.29) is 16.3 Å². The minimum Gasteiger partial charge on any atom is -0.478 e. The van der Waals surface area contributed by atoms with E-state index in [0.717, 1.165) is 34.7 Å². The van der Waals surface area contributed by atoms with E-state index in [9.17, 15) is 23.1 Å². The van der Waals surface area contributed by atoms with E-state index in [1.54, 1.807) is 29.6 Å². The van der Waals surface area contributed by atoms with E-state index in [1.807, 2.05) is 0 Å². The number of carboxylic acid groups (broad SMARTS) is 1. The second kappa shape index (κ2) is 7.73. The van der Waals surface area contributed by atoms with Crippen LogP contribution in [-0.4, -0.2) is 34.2 Å². The first-order valence-electron chi connectivity index (χ1n) is 8.70. The standard InChI is InChI=1S/C20H13ClF3N3O2S/c21-15-4-2-1-3-13(15)16-10-30-19(26-16)27(17-8-20(17,23)24)25-9-11-5-6-12(22)7-14(11)18(28)29/h1-7,9-10,17H,8H2,(H,28,29)/b25-9+. The summed E-state index contributed by atoms with van der Waals surface area (Å²) in [6.07, 6.45) is 0.717. The van der Waals surface area contributed by atoms with E-state index < -0.39 is 30.2 Å². The lowest BCUT2D eigenvalue weighted by atomic mass is 10.1. The number of rotatable bonds is 6. The molecule has 2 aromatic carbocycles. The van der Waals surface area contributed by atoms with Crippen LogP contribution in [0.15, 0.2) is 52.9 Å². The highest BCUT2D eigenvalue weighted by Gasteiger charge is 2.61. The van der Waals surface area contributed by atoms with Gasteiger partial charge >= 0.3 is 5.97 Å². The van der Waals surface area contributed by atoms with Crippen molar-refractivity contribution in [2.75, 3.05) is 5.01 Å². The Bertz CT molecular complexity index is 1150. The molecular weight excluding hydrogens is 439 g/mol. The molecule has 1 heterocycles.